The van der Waals surface area contributed by atoms with Gasteiger partial charge in [0.25, 0.3) is 0 Å². The van der Waals surface area contributed by atoms with E-state index in [1.165, 1.54) is 18.3 Å². The summed E-state index contributed by atoms with van der Waals surface area (Å²) < 4.78 is 8.61. The summed E-state index contributed by atoms with van der Waals surface area (Å²) in [7, 11) is -1.17. The van der Waals surface area contributed by atoms with Gasteiger partial charge in [-0.1, -0.05) is 31.8 Å². The standard InChI is InChI=1S/C26H30IN5O3SSi/c1-17(33)30-23-13-19(9-10-28-23)22-14-21(24(34)18-5-7-20(27)8-6-18)25(36-22)26-29-15-32(31-26)16-35-11-12-37(2,3)4/h5-10,13-15,24,34H,11-12,16H2,1-4H3,(H,28,30,33). The monoisotopic (exact) mass is 647 g/mol. The van der Waals surface area contributed by atoms with E-state index in [9.17, 15) is 9.90 Å². The maximum absolute atomic E-state index is 11.5. The first-order valence-corrected chi connectivity index (χ1v) is 17.5. The lowest BCUT2D eigenvalue weighted by molar-refractivity contribution is -0.114. The number of halogens is 1. The molecule has 8 nitrogen and oxygen atoms in total. The van der Waals surface area contributed by atoms with Gasteiger partial charge in [-0.3, -0.25) is 4.79 Å². The smallest absolute Gasteiger partial charge is 0.222 e. The van der Waals surface area contributed by atoms with Gasteiger partial charge in [-0.05, 0) is 70.1 Å². The van der Waals surface area contributed by atoms with Crippen LogP contribution in [-0.2, 0) is 16.3 Å². The van der Waals surface area contributed by atoms with E-state index in [0.29, 0.717) is 25.0 Å². The molecule has 3 aromatic heterocycles. The fourth-order valence-electron chi connectivity index (χ4n) is 3.58. The van der Waals surface area contributed by atoms with Crippen molar-refractivity contribution in [3.05, 3.63) is 69.7 Å². The van der Waals surface area contributed by atoms with Crippen LogP contribution in [0.2, 0.25) is 25.7 Å². The fourth-order valence-corrected chi connectivity index (χ4v) is 5.82. The third-order valence-electron chi connectivity index (χ3n) is 5.55. The van der Waals surface area contributed by atoms with Crippen molar-refractivity contribution in [3.8, 4) is 21.1 Å². The second-order valence-electron chi connectivity index (χ2n) is 9.92. The molecule has 0 aliphatic carbocycles. The molecule has 2 N–H and O–H groups in total. The maximum Gasteiger partial charge on any atom is 0.222 e. The third kappa shape index (κ3) is 7.54. The Morgan fingerprint density at radius 3 is 2.65 bits per heavy atom. The van der Waals surface area contributed by atoms with Crippen molar-refractivity contribution in [3.63, 3.8) is 0 Å². The number of amides is 1. The van der Waals surface area contributed by atoms with E-state index in [1.54, 1.807) is 17.2 Å². The summed E-state index contributed by atoms with van der Waals surface area (Å²) in [6.45, 7) is 9.44. The van der Waals surface area contributed by atoms with Crippen molar-refractivity contribution in [2.24, 2.45) is 0 Å². The number of hydrogen-bond acceptors (Lipinski definition) is 7. The van der Waals surface area contributed by atoms with E-state index in [-0.39, 0.29) is 5.91 Å². The van der Waals surface area contributed by atoms with E-state index in [1.807, 2.05) is 42.5 Å². The Hall–Kier alpha value is -2.45. The molecule has 0 saturated carbocycles. The van der Waals surface area contributed by atoms with Gasteiger partial charge in [-0.25, -0.2) is 14.6 Å². The highest BCUT2D eigenvalue weighted by atomic mass is 127. The molecule has 4 aromatic rings. The highest BCUT2D eigenvalue weighted by molar-refractivity contribution is 14.1. The Morgan fingerprint density at radius 2 is 1.95 bits per heavy atom. The first-order valence-electron chi connectivity index (χ1n) is 11.9. The number of pyridine rings is 1. The minimum absolute atomic E-state index is 0.187. The number of carbonyl (C=O) groups is 1. The van der Waals surface area contributed by atoms with Gasteiger partial charge in [-0.15, -0.1) is 16.4 Å². The zero-order valence-electron chi connectivity index (χ0n) is 21.2. The largest absolute Gasteiger partial charge is 0.384 e. The van der Waals surface area contributed by atoms with Crippen LogP contribution < -0.4 is 5.32 Å². The van der Waals surface area contributed by atoms with Crippen LogP contribution in [0.4, 0.5) is 5.82 Å². The molecule has 3 heterocycles. The Morgan fingerprint density at radius 1 is 1.19 bits per heavy atom. The lowest BCUT2D eigenvalue weighted by Gasteiger charge is -2.15. The van der Waals surface area contributed by atoms with E-state index in [0.717, 1.165) is 36.1 Å². The molecule has 0 radical (unpaired) electrons. The topological polar surface area (TPSA) is 102 Å². The molecular weight excluding hydrogens is 617 g/mol. The van der Waals surface area contributed by atoms with Crippen LogP contribution in [0, 0.1) is 3.57 Å². The predicted octanol–water partition coefficient (Wildman–Crippen LogP) is 6.03. The third-order valence-corrected chi connectivity index (χ3v) is 9.17. The minimum Gasteiger partial charge on any atom is -0.384 e. The van der Waals surface area contributed by atoms with Gasteiger partial charge in [0.1, 0.15) is 25.0 Å². The molecule has 0 aliphatic heterocycles. The van der Waals surface area contributed by atoms with Crippen LogP contribution in [0.5, 0.6) is 0 Å². The van der Waals surface area contributed by atoms with Crippen LogP contribution in [0.15, 0.2) is 55.0 Å². The number of ether oxygens (including phenoxy) is 1. The van der Waals surface area contributed by atoms with Crippen LogP contribution >= 0.6 is 33.9 Å². The predicted molar refractivity (Wildman–Crippen MR) is 158 cm³/mol. The van der Waals surface area contributed by atoms with E-state index in [4.69, 9.17) is 4.74 Å². The molecule has 37 heavy (non-hydrogen) atoms. The van der Waals surface area contributed by atoms with Crippen LogP contribution in [0.3, 0.4) is 0 Å². The van der Waals surface area contributed by atoms with E-state index < -0.39 is 14.2 Å². The molecule has 1 atom stereocenters. The average Bonchev–Trinajstić information content (AvgIpc) is 3.48. The lowest BCUT2D eigenvalue weighted by atomic mass is 10.0. The quantitative estimate of drug-likeness (QED) is 0.124. The number of carbonyl (C=O) groups excluding carboxylic acids is 1. The SMILES string of the molecule is CC(=O)Nc1cc(-c2cc(C(O)c3ccc(I)cc3)c(-c3ncn(COCC[Si](C)(C)C)n3)s2)ccn1. The second kappa shape index (κ2) is 11.9. The number of nitrogens with one attached hydrogen (secondary N) is 1. The Balaban J connectivity index is 1.66. The fraction of sp³-hybridized carbons (Fsp3) is 0.308. The number of anilines is 1. The number of nitrogens with zero attached hydrogens (tertiary/aromatic N) is 4. The lowest BCUT2D eigenvalue weighted by Crippen LogP contribution is -2.22. The Kier molecular flexibility index (Phi) is 8.90. The summed E-state index contributed by atoms with van der Waals surface area (Å²) in [5, 5.41) is 18.7. The molecule has 194 valence electrons. The van der Waals surface area contributed by atoms with Crippen molar-refractivity contribution < 1.29 is 14.6 Å². The molecule has 1 aromatic carbocycles. The van der Waals surface area contributed by atoms with Gasteiger partial charge in [0, 0.05) is 41.8 Å². The van der Waals surface area contributed by atoms with Gasteiger partial charge >= 0.3 is 0 Å². The number of aliphatic hydroxyl groups excluding tert-OH is 1. The number of aliphatic hydroxyl groups is 1. The molecule has 4 rings (SSSR count). The summed E-state index contributed by atoms with van der Waals surface area (Å²) in [5.74, 6) is 0.812. The summed E-state index contributed by atoms with van der Waals surface area (Å²) in [6.07, 6.45) is 2.46. The molecule has 0 saturated heterocycles. The molecule has 0 aliphatic rings. The van der Waals surface area contributed by atoms with Crippen LogP contribution in [0.1, 0.15) is 24.2 Å². The van der Waals surface area contributed by atoms with Crippen molar-refractivity contribution in [2.75, 3.05) is 11.9 Å². The Labute approximate surface area is 235 Å². The van der Waals surface area contributed by atoms with Gasteiger partial charge in [-0.2, -0.15) is 0 Å². The van der Waals surface area contributed by atoms with Crippen molar-refractivity contribution >= 4 is 53.7 Å². The molecule has 1 amide bonds. The van der Waals surface area contributed by atoms with Crippen LogP contribution in [0.25, 0.3) is 21.1 Å². The van der Waals surface area contributed by atoms with E-state index >= 15 is 0 Å². The molecule has 0 bridgehead atoms. The number of benzene rings is 1. The van der Waals surface area contributed by atoms with Gasteiger partial charge in [0.2, 0.25) is 5.91 Å². The molecule has 11 heteroatoms. The first-order chi connectivity index (χ1) is 17.6. The maximum atomic E-state index is 11.5. The van der Waals surface area contributed by atoms with Gasteiger partial charge < -0.3 is 15.2 Å². The van der Waals surface area contributed by atoms with Crippen molar-refractivity contribution in [1.82, 2.24) is 19.7 Å². The summed E-state index contributed by atoms with van der Waals surface area (Å²) in [4.78, 5) is 22.0. The van der Waals surface area contributed by atoms with Crippen molar-refractivity contribution in [2.45, 2.75) is 45.4 Å². The summed E-state index contributed by atoms with van der Waals surface area (Å²) in [5.41, 5.74) is 2.38. The van der Waals surface area contributed by atoms with Gasteiger partial charge in [0.05, 0.1) is 4.88 Å². The highest BCUT2D eigenvalue weighted by Gasteiger charge is 2.23. The summed E-state index contributed by atoms with van der Waals surface area (Å²) in [6, 6.07) is 14.5. The molecule has 0 fully saturated rings. The first kappa shape index (κ1) is 27.6. The number of hydrogen-bond donors (Lipinski definition) is 2. The average molecular weight is 648 g/mol. The second-order valence-corrected chi connectivity index (χ2v) is 17.8. The zero-order valence-corrected chi connectivity index (χ0v) is 25.2. The van der Waals surface area contributed by atoms with Crippen LogP contribution in [-0.4, -0.2) is 45.4 Å². The molecular formula is C26H30IN5O3SSi. The number of thiophene rings is 1. The molecule has 0 spiro atoms. The Bertz CT molecular complexity index is 1370. The molecule has 1 unspecified atom stereocenters. The van der Waals surface area contributed by atoms with Gasteiger partial charge in [0.15, 0.2) is 5.82 Å². The normalized spacial score (nSPS) is 12.5. The number of aromatic nitrogens is 4. The van der Waals surface area contributed by atoms with Crippen molar-refractivity contribution in [1.29, 1.82) is 0 Å². The number of rotatable bonds is 10. The highest BCUT2D eigenvalue weighted by Crippen LogP contribution is 2.41. The van der Waals surface area contributed by atoms with E-state index in [2.05, 4.69) is 62.6 Å². The minimum atomic E-state index is -1.17. The summed E-state index contributed by atoms with van der Waals surface area (Å²) >= 11 is 3.74. The zero-order chi connectivity index (χ0) is 26.6.